The van der Waals surface area contributed by atoms with Crippen LogP contribution in [-0.4, -0.2) is 49.9 Å². The van der Waals surface area contributed by atoms with Crippen LogP contribution in [0.2, 0.25) is 0 Å². The van der Waals surface area contributed by atoms with E-state index < -0.39 is 18.0 Å². The molecule has 0 radical (unpaired) electrons. The maximum absolute atomic E-state index is 12.6. The van der Waals surface area contributed by atoms with Gasteiger partial charge in [0.05, 0.1) is 18.3 Å². The third-order valence-corrected chi connectivity index (χ3v) is 6.44. The van der Waals surface area contributed by atoms with Gasteiger partial charge in [-0.1, -0.05) is 68.0 Å². The molecule has 0 atom stereocenters. The number of hydrogen-bond acceptors (Lipinski definition) is 7. The number of rotatable bonds is 15. The topological polar surface area (TPSA) is 124 Å². The quantitative estimate of drug-likeness (QED) is 0.138. The van der Waals surface area contributed by atoms with E-state index in [1.807, 2.05) is 52.0 Å². The molecule has 2 heterocycles. The van der Waals surface area contributed by atoms with Crippen molar-refractivity contribution in [1.82, 2.24) is 30.5 Å². The Morgan fingerprint density at radius 1 is 1.04 bits per heavy atom. The Kier molecular flexibility index (Phi) is 15.9. The number of amides is 2. The van der Waals surface area contributed by atoms with Gasteiger partial charge < -0.3 is 15.4 Å². The molecule has 0 saturated carbocycles. The molecule has 3 aromatic rings. The minimum atomic E-state index is -4.81. The maximum Gasteiger partial charge on any atom is 0.573 e. The van der Waals surface area contributed by atoms with Crippen LogP contribution in [0.1, 0.15) is 75.6 Å². The number of aromatic nitrogens is 5. The molecule has 0 aliphatic rings. The van der Waals surface area contributed by atoms with E-state index in [0.29, 0.717) is 25.1 Å². The third kappa shape index (κ3) is 13.9. The molecule has 1 aromatic carbocycles. The predicted molar refractivity (Wildman–Crippen MR) is 171 cm³/mol. The standard InChI is InChI=1S/C31H36F3N7O3.C2H6/c1-4-6-7-12-24(22(3)5-2)20-35-30(43)27-21-41(40-38-27)17-9-8-13-25-15-16-28(39-37-25)36-29(42)19-23-11-10-14-26(18-23)44-31(32,33)34;1-2/h4,6-7,10-12,14-16,18,21H,5,8-9,13,17,19-20H2,1-3H3,(H,35,43)(H,36,39,42);1-2H3/b6-4-,12-7-,24-22-;. The molecule has 0 spiro atoms. The smallest absolute Gasteiger partial charge is 0.406 e. The van der Waals surface area contributed by atoms with Gasteiger partial charge >= 0.3 is 6.36 Å². The molecule has 0 fully saturated rings. The average Bonchev–Trinajstić information content (AvgIpc) is 3.51. The zero-order chi connectivity index (χ0) is 34.0. The normalized spacial score (nSPS) is 12.0. The minimum Gasteiger partial charge on any atom is -0.406 e. The van der Waals surface area contributed by atoms with Gasteiger partial charge in [-0.3, -0.25) is 14.3 Å². The fraction of sp³-hybridized carbons (Fsp3) is 0.394. The number of aryl methyl sites for hydroxylation is 2. The fourth-order valence-corrected chi connectivity index (χ4v) is 4.00. The summed E-state index contributed by atoms with van der Waals surface area (Å²) in [4.78, 5) is 24.9. The molecular formula is C33H42F3N7O3. The molecule has 0 aliphatic carbocycles. The Morgan fingerprint density at radius 2 is 1.83 bits per heavy atom. The Labute approximate surface area is 267 Å². The van der Waals surface area contributed by atoms with Crippen LogP contribution in [0.25, 0.3) is 0 Å². The van der Waals surface area contributed by atoms with E-state index in [4.69, 9.17) is 0 Å². The maximum atomic E-state index is 12.6. The Hall–Kier alpha value is -4.81. The van der Waals surface area contributed by atoms with Crippen molar-refractivity contribution >= 4 is 17.6 Å². The lowest BCUT2D eigenvalue weighted by atomic mass is 10.1. The molecule has 13 heteroatoms. The van der Waals surface area contributed by atoms with Gasteiger partial charge in [0.25, 0.3) is 5.91 Å². The summed E-state index contributed by atoms with van der Waals surface area (Å²) in [5.41, 5.74) is 3.58. The molecule has 0 saturated heterocycles. The number of carbonyl (C=O) groups excluding carboxylic acids is 2. The number of carbonyl (C=O) groups is 2. The number of ether oxygens (including phenoxy) is 1. The monoisotopic (exact) mass is 641 g/mol. The summed E-state index contributed by atoms with van der Waals surface area (Å²) in [7, 11) is 0. The number of nitrogens with zero attached hydrogens (tertiary/aromatic N) is 5. The Morgan fingerprint density at radius 3 is 2.50 bits per heavy atom. The van der Waals surface area contributed by atoms with Gasteiger partial charge in [-0.15, -0.1) is 23.4 Å². The first-order valence-corrected chi connectivity index (χ1v) is 15.2. The van der Waals surface area contributed by atoms with Crippen molar-refractivity contribution in [2.24, 2.45) is 0 Å². The summed E-state index contributed by atoms with van der Waals surface area (Å²) in [6.07, 6.45) is 7.55. The van der Waals surface area contributed by atoms with E-state index >= 15 is 0 Å². The van der Waals surface area contributed by atoms with Gasteiger partial charge in [0.2, 0.25) is 5.91 Å². The largest absolute Gasteiger partial charge is 0.573 e. The van der Waals surface area contributed by atoms with E-state index in [9.17, 15) is 22.8 Å². The number of nitrogens with one attached hydrogen (secondary N) is 2. The van der Waals surface area contributed by atoms with Gasteiger partial charge in [-0.05, 0) is 74.9 Å². The van der Waals surface area contributed by atoms with Crippen molar-refractivity contribution in [3.8, 4) is 5.75 Å². The average molecular weight is 642 g/mol. The first-order chi connectivity index (χ1) is 22.1. The van der Waals surface area contributed by atoms with Crippen molar-refractivity contribution in [2.75, 3.05) is 11.9 Å². The molecule has 0 unspecified atom stereocenters. The van der Waals surface area contributed by atoms with E-state index in [2.05, 4.69) is 42.8 Å². The second-order valence-corrected chi connectivity index (χ2v) is 9.88. The van der Waals surface area contributed by atoms with Crippen LogP contribution in [0.4, 0.5) is 19.0 Å². The van der Waals surface area contributed by atoms with Crippen LogP contribution in [0.15, 0.2) is 78.0 Å². The summed E-state index contributed by atoms with van der Waals surface area (Å²) in [5.74, 6) is -0.902. The predicted octanol–water partition coefficient (Wildman–Crippen LogP) is 6.79. The van der Waals surface area contributed by atoms with Crippen LogP contribution >= 0.6 is 0 Å². The molecule has 10 nitrogen and oxygen atoms in total. The minimum absolute atomic E-state index is 0.158. The first kappa shape index (κ1) is 37.4. The van der Waals surface area contributed by atoms with E-state index in [0.717, 1.165) is 42.7 Å². The SMILES string of the molecule is CC.C\C=C/C=C\C(CNC(=O)c1cn(CCCCc2ccc(NC(=O)Cc3cccc(OC(F)(F)F)c3)nn2)nn1)=C(/C)CC. The molecule has 3 rings (SSSR count). The number of hydrogen-bond donors (Lipinski definition) is 2. The molecule has 46 heavy (non-hydrogen) atoms. The molecule has 0 bridgehead atoms. The van der Waals surface area contributed by atoms with E-state index in [1.54, 1.807) is 23.0 Å². The van der Waals surface area contributed by atoms with Crippen molar-refractivity contribution < 1.29 is 27.5 Å². The molecule has 2 N–H and O–H groups in total. The Balaban J connectivity index is 0.00000361. The molecule has 2 aromatic heterocycles. The second-order valence-electron chi connectivity index (χ2n) is 9.88. The highest BCUT2D eigenvalue weighted by molar-refractivity contribution is 5.92. The molecule has 0 aliphatic heterocycles. The number of benzene rings is 1. The zero-order valence-corrected chi connectivity index (χ0v) is 26.9. The lowest BCUT2D eigenvalue weighted by Crippen LogP contribution is -2.26. The van der Waals surface area contributed by atoms with Crippen LogP contribution in [0.3, 0.4) is 0 Å². The van der Waals surface area contributed by atoms with Crippen molar-refractivity contribution in [2.45, 2.75) is 79.6 Å². The second kappa shape index (κ2) is 19.6. The number of allylic oxidation sites excluding steroid dienone is 4. The highest BCUT2D eigenvalue weighted by Crippen LogP contribution is 2.23. The molecule has 2 amide bonds. The van der Waals surface area contributed by atoms with E-state index in [-0.39, 0.29) is 23.8 Å². The van der Waals surface area contributed by atoms with Crippen molar-refractivity contribution in [1.29, 1.82) is 0 Å². The highest BCUT2D eigenvalue weighted by atomic mass is 19.4. The van der Waals surface area contributed by atoms with Crippen molar-refractivity contribution in [3.63, 3.8) is 0 Å². The molecular weight excluding hydrogens is 599 g/mol. The Bertz CT molecular complexity index is 1480. The summed E-state index contributed by atoms with van der Waals surface area (Å²) in [6.45, 7) is 11.0. The third-order valence-electron chi connectivity index (χ3n) is 6.44. The van der Waals surface area contributed by atoms with Gasteiger partial charge in [-0.25, -0.2) is 0 Å². The summed E-state index contributed by atoms with van der Waals surface area (Å²) in [6, 6.07) is 8.59. The summed E-state index contributed by atoms with van der Waals surface area (Å²) < 4.78 is 42.8. The van der Waals surface area contributed by atoms with Gasteiger partial charge in [-0.2, -0.15) is 5.10 Å². The van der Waals surface area contributed by atoms with Crippen LogP contribution < -0.4 is 15.4 Å². The number of alkyl halides is 3. The van der Waals surface area contributed by atoms with Crippen molar-refractivity contribution in [3.05, 3.63) is 95.0 Å². The van der Waals surface area contributed by atoms with Gasteiger partial charge in [0.1, 0.15) is 5.75 Å². The fourth-order valence-electron chi connectivity index (χ4n) is 4.00. The zero-order valence-electron chi connectivity index (χ0n) is 26.9. The summed E-state index contributed by atoms with van der Waals surface area (Å²) in [5, 5.41) is 21.7. The summed E-state index contributed by atoms with van der Waals surface area (Å²) >= 11 is 0. The molecule has 248 valence electrons. The van der Waals surface area contributed by atoms with Crippen LogP contribution in [-0.2, 0) is 24.2 Å². The number of anilines is 1. The lowest BCUT2D eigenvalue weighted by molar-refractivity contribution is -0.274. The highest BCUT2D eigenvalue weighted by Gasteiger charge is 2.31. The van der Waals surface area contributed by atoms with Crippen LogP contribution in [0, 0.1) is 0 Å². The lowest BCUT2D eigenvalue weighted by Gasteiger charge is -2.10. The van der Waals surface area contributed by atoms with Gasteiger partial charge in [0, 0.05) is 13.1 Å². The van der Waals surface area contributed by atoms with Crippen LogP contribution in [0.5, 0.6) is 5.75 Å². The number of halogens is 3. The van der Waals surface area contributed by atoms with Gasteiger partial charge in [0.15, 0.2) is 11.5 Å². The van der Waals surface area contributed by atoms with E-state index in [1.165, 1.54) is 17.7 Å². The number of unbranched alkanes of at least 4 members (excludes halogenated alkanes) is 1. The first-order valence-electron chi connectivity index (χ1n) is 15.2.